The molecule has 1 atom stereocenters. The van der Waals surface area contributed by atoms with Crippen LogP contribution in [0.15, 0.2) is 30.3 Å². The van der Waals surface area contributed by atoms with Crippen LogP contribution in [0.2, 0.25) is 0 Å². The highest BCUT2D eigenvalue weighted by Gasteiger charge is 2.19. The Balaban J connectivity index is 2.64. The molecule has 0 spiro atoms. The van der Waals surface area contributed by atoms with Gasteiger partial charge in [-0.2, -0.15) is 0 Å². The molecular weight excluding hydrogens is 248 g/mol. The van der Waals surface area contributed by atoms with Crippen molar-refractivity contribution in [2.24, 2.45) is 0 Å². The number of carbonyl (C=O) groups excluding carboxylic acids is 3. The van der Waals surface area contributed by atoms with E-state index in [9.17, 15) is 14.4 Å². The molecule has 0 amide bonds. The summed E-state index contributed by atoms with van der Waals surface area (Å²) in [5.74, 6) is -1.85. The third kappa shape index (κ3) is 6.35. The van der Waals surface area contributed by atoms with Gasteiger partial charge in [0.1, 0.15) is 6.10 Å². The van der Waals surface area contributed by atoms with Gasteiger partial charge in [0.2, 0.25) is 0 Å². The molecule has 0 N–H and O–H groups in total. The van der Waals surface area contributed by atoms with Crippen LogP contribution in [0.4, 0.5) is 0 Å². The Morgan fingerprint density at radius 3 is 2.21 bits per heavy atom. The first-order valence-electron chi connectivity index (χ1n) is 5.89. The Morgan fingerprint density at radius 1 is 1.05 bits per heavy atom. The van der Waals surface area contributed by atoms with E-state index in [2.05, 4.69) is 4.74 Å². The molecule has 0 radical (unpaired) electrons. The summed E-state index contributed by atoms with van der Waals surface area (Å²) >= 11 is 0. The molecule has 5 nitrogen and oxygen atoms in total. The lowest BCUT2D eigenvalue weighted by Crippen LogP contribution is -2.24. The number of carbonyl (C=O) groups is 3. The monoisotopic (exact) mass is 264 g/mol. The van der Waals surface area contributed by atoms with Gasteiger partial charge in [-0.1, -0.05) is 30.3 Å². The zero-order valence-corrected chi connectivity index (χ0v) is 10.9. The maximum atomic E-state index is 11.4. The number of hydrogen-bond donors (Lipinski definition) is 0. The maximum absolute atomic E-state index is 11.4. The molecule has 0 saturated heterocycles. The molecule has 1 unspecified atom stereocenters. The van der Waals surface area contributed by atoms with Crippen LogP contribution in [0.5, 0.6) is 0 Å². The molecule has 0 bridgehead atoms. The quantitative estimate of drug-likeness (QED) is 0.597. The van der Waals surface area contributed by atoms with E-state index in [-0.39, 0.29) is 6.42 Å². The third-order valence-corrected chi connectivity index (χ3v) is 2.29. The smallest absolute Gasteiger partial charge is 0.317 e. The Bertz CT molecular complexity index is 452. The molecule has 0 fully saturated rings. The summed E-state index contributed by atoms with van der Waals surface area (Å²) in [5.41, 5.74) is 0.935. The van der Waals surface area contributed by atoms with Crippen LogP contribution < -0.4 is 0 Å². The van der Waals surface area contributed by atoms with Crippen LogP contribution in [0, 0.1) is 0 Å². The van der Waals surface area contributed by atoms with E-state index < -0.39 is 24.0 Å². The molecule has 1 aromatic carbocycles. The summed E-state index contributed by atoms with van der Waals surface area (Å²) in [6, 6.07) is 9.32. The zero-order valence-electron chi connectivity index (χ0n) is 10.9. The van der Waals surface area contributed by atoms with Gasteiger partial charge >= 0.3 is 17.9 Å². The first-order chi connectivity index (χ1) is 8.97. The van der Waals surface area contributed by atoms with Crippen molar-refractivity contribution in [3.05, 3.63) is 35.9 Å². The fourth-order valence-corrected chi connectivity index (χ4v) is 1.66. The first-order valence-corrected chi connectivity index (χ1v) is 5.89. The molecule has 0 aliphatic carbocycles. The summed E-state index contributed by atoms with van der Waals surface area (Å²) in [6.45, 7) is 2.42. The highest BCUT2D eigenvalue weighted by atomic mass is 16.6. The second-order valence-corrected chi connectivity index (χ2v) is 4.09. The fraction of sp³-hybridized carbons (Fsp3) is 0.357. The minimum Gasteiger partial charge on any atom is -0.462 e. The molecule has 0 aliphatic heterocycles. The molecule has 19 heavy (non-hydrogen) atoms. The van der Waals surface area contributed by atoms with Crippen LogP contribution in [-0.4, -0.2) is 24.0 Å². The molecular formula is C14H16O5. The van der Waals surface area contributed by atoms with E-state index >= 15 is 0 Å². The van der Waals surface area contributed by atoms with Gasteiger partial charge in [-0.25, -0.2) is 0 Å². The molecule has 5 heteroatoms. The lowest BCUT2D eigenvalue weighted by molar-refractivity contribution is -0.161. The van der Waals surface area contributed by atoms with E-state index in [0.29, 0.717) is 6.42 Å². The number of benzene rings is 1. The van der Waals surface area contributed by atoms with Crippen molar-refractivity contribution in [2.45, 2.75) is 32.8 Å². The molecule has 102 valence electrons. The van der Waals surface area contributed by atoms with Crippen LogP contribution >= 0.6 is 0 Å². The van der Waals surface area contributed by atoms with E-state index in [1.165, 1.54) is 6.92 Å². The highest BCUT2D eigenvalue weighted by Crippen LogP contribution is 2.10. The van der Waals surface area contributed by atoms with Gasteiger partial charge in [0.25, 0.3) is 0 Å². The third-order valence-electron chi connectivity index (χ3n) is 2.29. The van der Waals surface area contributed by atoms with Gasteiger partial charge in [-0.15, -0.1) is 0 Å². The number of rotatable bonds is 5. The lowest BCUT2D eigenvalue weighted by atomic mass is 10.1. The predicted octanol–water partition coefficient (Wildman–Crippen LogP) is 1.64. The average molecular weight is 264 g/mol. The summed E-state index contributed by atoms with van der Waals surface area (Å²) in [6.07, 6.45) is -0.381. The Labute approximate surface area is 111 Å². The van der Waals surface area contributed by atoms with E-state index in [1.54, 1.807) is 0 Å². The highest BCUT2D eigenvalue weighted by molar-refractivity contribution is 5.84. The van der Waals surface area contributed by atoms with Crippen LogP contribution in [-0.2, 0) is 30.3 Å². The zero-order chi connectivity index (χ0) is 14.3. The second-order valence-electron chi connectivity index (χ2n) is 4.09. The normalized spacial score (nSPS) is 11.5. The molecule has 1 aromatic rings. The van der Waals surface area contributed by atoms with Gasteiger partial charge in [0.05, 0.1) is 6.42 Å². The first kappa shape index (κ1) is 14.9. The van der Waals surface area contributed by atoms with Crippen LogP contribution in [0.25, 0.3) is 0 Å². The Hall–Kier alpha value is -2.17. The summed E-state index contributed by atoms with van der Waals surface area (Å²) in [7, 11) is 0. The van der Waals surface area contributed by atoms with Crippen LogP contribution in [0.3, 0.4) is 0 Å². The Kier molecular flexibility index (Phi) is 5.73. The Morgan fingerprint density at radius 2 is 1.68 bits per heavy atom. The van der Waals surface area contributed by atoms with Crippen molar-refractivity contribution in [2.75, 3.05) is 0 Å². The molecule has 0 saturated carbocycles. The largest absolute Gasteiger partial charge is 0.462 e. The van der Waals surface area contributed by atoms with Crippen LogP contribution in [0.1, 0.15) is 25.8 Å². The van der Waals surface area contributed by atoms with E-state index in [1.807, 2.05) is 30.3 Å². The van der Waals surface area contributed by atoms with Gasteiger partial charge in [0, 0.05) is 20.3 Å². The molecule has 0 heterocycles. The SMILES string of the molecule is CC(=O)OC(=O)CC(Cc1ccccc1)OC(C)=O. The predicted molar refractivity (Wildman–Crippen MR) is 67.1 cm³/mol. The minimum absolute atomic E-state index is 0.145. The average Bonchev–Trinajstić information content (AvgIpc) is 2.27. The standard InChI is InChI=1S/C14H16O5/c1-10(15)18-13(9-14(17)19-11(2)16)8-12-6-4-3-5-7-12/h3-7,13H,8-9H2,1-2H3. The summed E-state index contributed by atoms with van der Waals surface area (Å²) in [5, 5.41) is 0. The van der Waals surface area contributed by atoms with E-state index in [4.69, 9.17) is 4.74 Å². The van der Waals surface area contributed by atoms with Gasteiger partial charge in [0.15, 0.2) is 0 Å². The second kappa shape index (κ2) is 7.31. The number of hydrogen-bond acceptors (Lipinski definition) is 5. The van der Waals surface area contributed by atoms with Crippen molar-refractivity contribution in [3.63, 3.8) is 0 Å². The molecule has 0 aromatic heterocycles. The molecule has 1 rings (SSSR count). The lowest BCUT2D eigenvalue weighted by Gasteiger charge is -2.15. The van der Waals surface area contributed by atoms with Crippen molar-refractivity contribution >= 4 is 17.9 Å². The van der Waals surface area contributed by atoms with Gasteiger partial charge in [-0.3, -0.25) is 14.4 Å². The summed E-state index contributed by atoms with van der Waals surface area (Å²) in [4.78, 5) is 33.1. The van der Waals surface area contributed by atoms with E-state index in [0.717, 1.165) is 12.5 Å². The van der Waals surface area contributed by atoms with Crippen molar-refractivity contribution in [1.82, 2.24) is 0 Å². The number of esters is 3. The topological polar surface area (TPSA) is 69.7 Å². The van der Waals surface area contributed by atoms with Gasteiger partial charge < -0.3 is 9.47 Å². The van der Waals surface area contributed by atoms with Gasteiger partial charge in [-0.05, 0) is 5.56 Å². The maximum Gasteiger partial charge on any atom is 0.317 e. The fourth-order valence-electron chi connectivity index (χ4n) is 1.66. The van der Waals surface area contributed by atoms with Crippen molar-refractivity contribution in [1.29, 1.82) is 0 Å². The summed E-state index contributed by atoms with van der Waals surface area (Å²) < 4.78 is 9.49. The van der Waals surface area contributed by atoms with Crippen molar-refractivity contribution in [3.8, 4) is 0 Å². The minimum atomic E-state index is -0.699. The van der Waals surface area contributed by atoms with Crippen molar-refractivity contribution < 1.29 is 23.9 Å². The number of ether oxygens (including phenoxy) is 2. The molecule has 0 aliphatic rings.